The Morgan fingerprint density at radius 3 is 2.47 bits per heavy atom. The third-order valence-corrected chi connectivity index (χ3v) is 2.72. The van der Waals surface area contributed by atoms with E-state index >= 15 is 0 Å². The summed E-state index contributed by atoms with van der Waals surface area (Å²) in [6.45, 7) is 3.76. The van der Waals surface area contributed by atoms with Crippen molar-refractivity contribution in [1.29, 1.82) is 0 Å². The SMILES string of the molecule is CCC(CSC)NC(C)C(=O)NC(N)=O. The minimum Gasteiger partial charge on any atom is -0.351 e. The second-order valence-corrected chi connectivity index (χ2v) is 4.21. The van der Waals surface area contributed by atoms with Crippen LogP contribution in [0.4, 0.5) is 4.79 Å². The van der Waals surface area contributed by atoms with Crippen LogP contribution in [0, 0.1) is 0 Å². The maximum Gasteiger partial charge on any atom is 0.318 e. The van der Waals surface area contributed by atoms with Gasteiger partial charge in [0.1, 0.15) is 0 Å². The summed E-state index contributed by atoms with van der Waals surface area (Å²) in [5, 5.41) is 5.18. The van der Waals surface area contributed by atoms with E-state index in [1.54, 1.807) is 18.7 Å². The zero-order valence-electron chi connectivity index (χ0n) is 9.37. The van der Waals surface area contributed by atoms with Crippen molar-refractivity contribution in [3.63, 3.8) is 0 Å². The number of thioether (sulfide) groups is 1. The predicted octanol–water partition coefficient (Wildman–Crippen LogP) is 0.301. The zero-order chi connectivity index (χ0) is 11.8. The first-order chi connectivity index (χ1) is 7.01. The number of nitrogens with two attached hydrogens (primary N) is 1. The summed E-state index contributed by atoms with van der Waals surface area (Å²) in [5.74, 6) is 0.548. The highest BCUT2D eigenvalue weighted by Gasteiger charge is 2.17. The molecule has 0 aliphatic heterocycles. The smallest absolute Gasteiger partial charge is 0.318 e. The molecule has 0 spiro atoms. The molecule has 15 heavy (non-hydrogen) atoms. The Balaban J connectivity index is 4.03. The summed E-state index contributed by atoms with van der Waals surface area (Å²) >= 11 is 1.72. The van der Waals surface area contributed by atoms with Crippen LogP contribution in [0.3, 0.4) is 0 Å². The molecule has 88 valence electrons. The number of rotatable bonds is 6. The molecule has 0 bridgehead atoms. The van der Waals surface area contributed by atoms with Gasteiger partial charge in [-0.05, 0) is 19.6 Å². The number of carbonyl (C=O) groups is 2. The Labute approximate surface area is 94.5 Å². The molecule has 0 saturated heterocycles. The van der Waals surface area contributed by atoms with E-state index in [1.165, 1.54) is 0 Å². The minimum atomic E-state index is -0.813. The quantitative estimate of drug-likeness (QED) is 0.616. The fraction of sp³-hybridized carbons (Fsp3) is 0.778. The summed E-state index contributed by atoms with van der Waals surface area (Å²) < 4.78 is 0. The second kappa shape index (κ2) is 7.53. The van der Waals surface area contributed by atoms with Crippen LogP contribution in [-0.2, 0) is 4.79 Å². The third kappa shape index (κ3) is 6.35. The molecule has 0 rings (SSSR count). The number of carbonyl (C=O) groups excluding carboxylic acids is 2. The van der Waals surface area contributed by atoms with Crippen LogP contribution in [0.1, 0.15) is 20.3 Å². The average Bonchev–Trinajstić information content (AvgIpc) is 2.15. The molecule has 2 unspecified atom stereocenters. The number of amides is 3. The van der Waals surface area contributed by atoms with E-state index in [4.69, 9.17) is 5.73 Å². The van der Waals surface area contributed by atoms with Gasteiger partial charge >= 0.3 is 6.03 Å². The van der Waals surface area contributed by atoms with E-state index in [0.717, 1.165) is 12.2 Å². The van der Waals surface area contributed by atoms with Gasteiger partial charge in [0.05, 0.1) is 6.04 Å². The Bertz CT molecular complexity index is 223. The van der Waals surface area contributed by atoms with Crippen LogP contribution in [-0.4, -0.2) is 36.0 Å². The summed E-state index contributed by atoms with van der Waals surface area (Å²) in [7, 11) is 0. The van der Waals surface area contributed by atoms with Gasteiger partial charge < -0.3 is 11.1 Å². The van der Waals surface area contributed by atoms with Gasteiger partial charge in [-0.15, -0.1) is 0 Å². The van der Waals surface area contributed by atoms with Crippen LogP contribution in [0.5, 0.6) is 0 Å². The average molecular weight is 233 g/mol. The Hall–Kier alpha value is -0.750. The van der Waals surface area contributed by atoms with Gasteiger partial charge in [-0.25, -0.2) is 4.79 Å². The van der Waals surface area contributed by atoms with Crippen molar-refractivity contribution in [3.05, 3.63) is 0 Å². The molecule has 0 aliphatic carbocycles. The largest absolute Gasteiger partial charge is 0.351 e. The highest BCUT2D eigenvalue weighted by Crippen LogP contribution is 2.02. The highest BCUT2D eigenvalue weighted by atomic mass is 32.2. The number of primary amides is 1. The summed E-state index contributed by atoms with van der Waals surface area (Å²) in [5.41, 5.74) is 4.85. The maximum absolute atomic E-state index is 11.3. The summed E-state index contributed by atoms with van der Waals surface area (Å²) in [4.78, 5) is 21.8. The van der Waals surface area contributed by atoms with Crippen molar-refractivity contribution in [2.75, 3.05) is 12.0 Å². The van der Waals surface area contributed by atoms with E-state index in [9.17, 15) is 9.59 Å². The van der Waals surface area contributed by atoms with Crippen molar-refractivity contribution in [2.45, 2.75) is 32.4 Å². The molecule has 5 nitrogen and oxygen atoms in total. The standard InChI is InChI=1S/C9H19N3O2S/c1-4-7(5-15-3)11-6(2)8(13)12-9(10)14/h6-7,11H,4-5H2,1-3H3,(H3,10,12,13,14). The monoisotopic (exact) mass is 233 g/mol. The van der Waals surface area contributed by atoms with E-state index in [2.05, 4.69) is 5.32 Å². The molecule has 3 amide bonds. The Kier molecular flexibility index (Phi) is 7.15. The number of imide groups is 1. The molecule has 0 fully saturated rings. The van der Waals surface area contributed by atoms with Gasteiger partial charge in [-0.1, -0.05) is 6.92 Å². The lowest BCUT2D eigenvalue weighted by Crippen LogP contribution is -2.49. The minimum absolute atomic E-state index is 0.272. The Morgan fingerprint density at radius 2 is 2.07 bits per heavy atom. The maximum atomic E-state index is 11.3. The van der Waals surface area contributed by atoms with Crippen molar-refractivity contribution in [2.24, 2.45) is 5.73 Å². The molecule has 2 atom stereocenters. The van der Waals surface area contributed by atoms with Crippen molar-refractivity contribution in [1.82, 2.24) is 10.6 Å². The van der Waals surface area contributed by atoms with Crippen LogP contribution >= 0.6 is 11.8 Å². The molecule has 0 aromatic heterocycles. The van der Waals surface area contributed by atoms with Gasteiger partial charge in [0.25, 0.3) is 0 Å². The van der Waals surface area contributed by atoms with Gasteiger partial charge in [-0.3, -0.25) is 10.1 Å². The first-order valence-electron chi connectivity index (χ1n) is 4.86. The third-order valence-electron chi connectivity index (χ3n) is 1.99. The number of urea groups is 1. The van der Waals surface area contributed by atoms with E-state index in [0.29, 0.717) is 0 Å². The van der Waals surface area contributed by atoms with Gasteiger partial charge in [0.15, 0.2) is 0 Å². The molecule has 6 heteroatoms. The molecule has 0 radical (unpaired) electrons. The summed E-state index contributed by atoms with van der Waals surface area (Å²) in [6, 6.07) is -0.949. The highest BCUT2D eigenvalue weighted by molar-refractivity contribution is 7.98. The van der Waals surface area contributed by atoms with E-state index in [1.807, 2.05) is 18.5 Å². The fourth-order valence-electron chi connectivity index (χ4n) is 1.14. The van der Waals surface area contributed by atoms with Crippen LogP contribution in [0.15, 0.2) is 0 Å². The molecule has 0 aromatic rings. The molecule has 0 aromatic carbocycles. The molecule has 4 N–H and O–H groups in total. The van der Waals surface area contributed by atoms with Crippen LogP contribution < -0.4 is 16.4 Å². The lowest BCUT2D eigenvalue weighted by atomic mass is 10.2. The molecule has 0 aliphatic rings. The molecule has 0 heterocycles. The number of hydrogen-bond acceptors (Lipinski definition) is 4. The molecular formula is C9H19N3O2S. The lowest BCUT2D eigenvalue weighted by Gasteiger charge is -2.20. The van der Waals surface area contributed by atoms with E-state index < -0.39 is 12.1 Å². The topological polar surface area (TPSA) is 84.2 Å². The van der Waals surface area contributed by atoms with Gasteiger partial charge in [0.2, 0.25) is 5.91 Å². The number of nitrogens with one attached hydrogen (secondary N) is 2. The van der Waals surface area contributed by atoms with Crippen LogP contribution in [0.25, 0.3) is 0 Å². The number of hydrogen-bond donors (Lipinski definition) is 3. The van der Waals surface area contributed by atoms with Crippen molar-refractivity contribution < 1.29 is 9.59 Å². The van der Waals surface area contributed by atoms with Gasteiger partial charge in [-0.2, -0.15) is 11.8 Å². The van der Waals surface area contributed by atoms with Gasteiger partial charge in [0, 0.05) is 11.8 Å². The Morgan fingerprint density at radius 1 is 1.47 bits per heavy atom. The second-order valence-electron chi connectivity index (χ2n) is 3.30. The first-order valence-corrected chi connectivity index (χ1v) is 6.25. The van der Waals surface area contributed by atoms with Crippen molar-refractivity contribution >= 4 is 23.7 Å². The predicted molar refractivity (Wildman–Crippen MR) is 62.8 cm³/mol. The normalized spacial score (nSPS) is 14.3. The van der Waals surface area contributed by atoms with Crippen LogP contribution in [0.2, 0.25) is 0 Å². The fourth-order valence-corrected chi connectivity index (χ4v) is 1.88. The first kappa shape index (κ1) is 14.2. The van der Waals surface area contributed by atoms with Crippen molar-refractivity contribution in [3.8, 4) is 0 Å². The zero-order valence-corrected chi connectivity index (χ0v) is 10.2. The molecule has 0 saturated carbocycles. The summed E-state index contributed by atoms with van der Waals surface area (Å²) in [6.07, 6.45) is 2.95. The van der Waals surface area contributed by atoms with E-state index in [-0.39, 0.29) is 11.9 Å². The molecular weight excluding hydrogens is 214 g/mol. The lowest BCUT2D eigenvalue weighted by molar-refractivity contribution is -0.121.